The van der Waals surface area contributed by atoms with Crippen molar-refractivity contribution in [2.75, 3.05) is 7.11 Å². The van der Waals surface area contributed by atoms with Crippen LogP contribution < -0.4 is 4.74 Å². The molecule has 20 heavy (non-hydrogen) atoms. The molecule has 0 aliphatic rings. The number of fused-ring (bicyclic) bond motifs is 1. The summed E-state index contributed by atoms with van der Waals surface area (Å²) in [4.78, 5) is 4.53. The first-order valence-corrected chi connectivity index (χ1v) is 6.69. The number of hydrogen-bond acceptors (Lipinski definition) is 3. The molecule has 3 aromatic rings. The highest BCUT2D eigenvalue weighted by atomic mass is 16.5. The fourth-order valence-electron chi connectivity index (χ4n) is 2.19. The largest absolute Gasteiger partial charge is 0.497 e. The number of rotatable bonds is 4. The van der Waals surface area contributed by atoms with Gasteiger partial charge in [-0.2, -0.15) is 5.10 Å². The minimum absolute atomic E-state index is 0.840. The number of ether oxygens (including phenoxy) is 1. The van der Waals surface area contributed by atoms with Crippen LogP contribution in [-0.4, -0.2) is 21.7 Å². The van der Waals surface area contributed by atoms with Crippen molar-refractivity contribution < 1.29 is 4.74 Å². The number of aryl methyl sites for hydroxylation is 3. The van der Waals surface area contributed by atoms with E-state index in [2.05, 4.69) is 35.2 Å². The van der Waals surface area contributed by atoms with Crippen LogP contribution in [0, 0.1) is 6.92 Å². The second-order valence-electron chi connectivity index (χ2n) is 4.89. The summed E-state index contributed by atoms with van der Waals surface area (Å²) >= 11 is 0. The zero-order chi connectivity index (χ0) is 13.9. The van der Waals surface area contributed by atoms with E-state index < -0.39 is 0 Å². The van der Waals surface area contributed by atoms with Crippen molar-refractivity contribution in [1.82, 2.24) is 14.6 Å². The van der Waals surface area contributed by atoms with Gasteiger partial charge in [0.2, 0.25) is 0 Å². The van der Waals surface area contributed by atoms with E-state index in [1.54, 1.807) is 7.11 Å². The third-order valence-corrected chi connectivity index (χ3v) is 3.32. The first-order valence-electron chi connectivity index (χ1n) is 6.69. The molecule has 0 aliphatic heterocycles. The molecule has 0 radical (unpaired) electrons. The molecule has 0 fully saturated rings. The molecule has 0 saturated heterocycles. The molecule has 0 aliphatic carbocycles. The lowest BCUT2D eigenvalue weighted by molar-refractivity contribution is 0.414. The van der Waals surface area contributed by atoms with Gasteiger partial charge in [-0.25, -0.2) is 9.50 Å². The first kappa shape index (κ1) is 12.7. The first-order chi connectivity index (χ1) is 9.74. The highest BCUT2D eigenvalue weighted by molar-refractivity contribution is 5.38. The number of benzene rings is 1. The van der Waals surface area contributed by atoms with Gasteiger partial charge in [-0.15, -0.1) is 0 Å². The van der Waals surface area contributed by atoms with E-state index in [9.17, 15) is 0 Å². The highest BCUT2D eigenvalue weighted by Gasteiger charge is 2.04. The zero-order valence-electron chi connectivity index (χ0n) is 11.7. The van der Waals surface area contributed by atoms with Gasteiger partial charge in [-0.1, -0.05) is 18.2 Å². The summed E-state index contributed by atoms with van der Waals surface area (Å²) in [6, 6.07) is 12.2. The van der Waals surface area contributed by atoms with Gasteiger partial charge in [-0.05, 0) is 42.7 Å². The van der Waals surface area contributed by atoms with Crippen LogP contribution in [0.3, 0.4) is 0 Å². The molecule has 0 spiro atoms. The zero-order valence-corrected chi connectivity index (χ0v) is 11.7. The molecule has 0 N–H and O–H groups in total. The SMILES string of the molecule is COc1ccc(CCc2nc3ccc(C)cn3n2)cc1. The Bertz CT molecular complexity index is 716. The minimum Gasteiger partial charge on any atom is -0.497 e. The lowest BCUT2D eigenvalue weighted by atomic mass is 10.1. The molecular weight excluding hydrogens is 250 g/mol. The van der Waals surface area contributed by atoms with E-state index in [1.165, 1.54) is 11.1 Å². The fourth-order valence-corrected chi connectivity index (χ4v) is 2.19. The van der Waals surface area contributed by atoms with Crippen molar-refractivity contribution >= 4 is 5.65 Å². The van der Waals surface area contributed by atoms with E-state index in [4.69, 9.17) is 4.74 Å². The molecule has 0 bridgehead atoms. The number of methoxy groups -OCH3 is 1. The molecule has 0 atom stereocenters. The van der Waals surface area contributed by atoms with Crippen LogP contribution >= 0.6 is 0 Å². The Hall–Kier alpha value is -2.36. The van der Waals surface area contributed by atoms with E-state index in [1.807, 2.05) is 28.9 Å². The van der Waals surface area contributed by atoms with Gasteiger partial charge in [0.05, 0.1) is 7.11 Å². The van der Waals surface area contributed by atoms with Gasteiger partial charge in [0.15, 0.2) is 11.5 Å². The van der Waals surface area contributed by atoms with E-state index in [-0.39, 0.29) is 0 Å². The standard InChI is InChI=1S/C16H17N3O/c1-12-3-10-16-17-15(18-19(16)11-12)9-6-13-4-7-14(20-2)8-5-13/h3-5,7-8,10-11H,6,9H2,1-2H3. The summed E-state index contributed by atoms with van der Waals surface area (Å²) in [6.07, 6.45) is 3.77. The summed E-state index contributed by atoms with van der Waals surface area (Å²) in [7, 11) is 1.68. The average molecular weight is 267 g/mol. The highest BCUT2D eigenvalue weighted by Crippen LogP contribution is 2.13. The molecular formula is C16H17N3O. The third-order valence-electron chi connectivity index (χ3n) is 3.32. The Labute approximate surface area is 118 Å². The van der Waals surface area contributed by atoms with Crippen LogP contribution in [0.15, 0.2) is 42.6 Å². The van der Waals surface area contributed by atoms with E-state index >= 15 is 0 Å². The number of aromatic nitrogens is 3. The van der Waals surface area contributed by atoms with Crippen molar-refractivity contribution in [3.63, 3.8) is 0 Å². The van der Waals surface area contributed by atoms with Gasteiger partial charge < -0.3 is 4.74 Å². The second-order valence-corrected chi connectivity index (χ2v) is 4.89. The molecule has 4 nitrogen and oxygen atoms in total. The maximum Gasteiger partial charge on any atom is 0.155 e. The van der Waals surface area contributed by atoms with Crippen molar-refractivity contribution in [3.8, 4) is 5.75 Å². The molecule has 3 rings (SSSR count). The molecule has 102 valence electrons. The Kier molecular flexibility index (Phi) is 3.37. The lowest BCUT2D eigenvalue weighted by Gasteiger charge is -2.01. The van der Waals surface area contributed by atoms with E-state index in [0.29, 0.717) is 0 Å². The Balaban J connectivity index is 1.72. The van der Waals surface area contributed by atoms with Gasteiger partial charge >= 0.3 is 0 Å². The average Bonchev–Trinajstić information content (AvgIpc) is 2.87. The molecule has 2 heterocycles. The summed E-state index contributed by atoms with van der Waals surface area (Å²) in [5.41, 5.74) is 3.35. The quantitative estimate of drug-likeness (QED) is 0.729. The lowest BCUT2D eigenvalue weighted by Crippen LogP contribution is -1.94. The fraction of sp³-hybridized carbons (Fsp3) is 0.250. The van der Waals surface area contributed by atoms with Crippen LogP contribution in [-0.2, 0) is 12.8 Å². The van der Waals surface area contributed by atoms with Gasteiger partial charge in [-0.3, -0.25) is 0 Å². The number of pyridine rings is 1. The number of hydrogen-bond donors (Lipinski definition) is 0. The molecule has 0 unspecified atom stereocenters. The Morgan fingerprint density at radius 3 is 2.60 bits per heavy atom. The summed E-state index contributed by atoms with van der Waals surface area (Å²) in [5.74, 6) is 1.77. The predicted octanol–water partition coefficient (Wildman–Crippen LogP) is 2.83. The van der Waals surface area contributed by atoms with Crippen molar-refractivity contribution in [1.29, 1.82) is 0 Å². The molecule has 4 heteroatoms. The van der Waals surface area contributed by atoms with Gasteiger partial charge in [0.1, 0.15) is 5.75 Å². The van der Waals surface area contributed by atoms with Crippen LogP contribution in [0.5, 0.6) is 5.75 Å². The summed E-state index contributed by atoms with van der Waals surface area (Å²) < 4.78 is 7.00. The summed E-state index contributed by atoms with van der Waals surface area (Å²) in [5, 5.41) is 4.50. The monoisotopic (exact) mass is 267 g/mol. The predicted molar refractivity (Wildman–Crippen MR) is 78.1 cm³/mol. The Morgan fingerprint density at radius 2 is 1.85 bits per heavy atom. The van der Waals surface area contributed by atoms with Gasteiger partial charge in [0, 0.05) is 12.6 Å². The van der Waals surface area contributed by atoms with Crippen LogP contribution in [0.4, 0.5) is 0 Å². The molecule has 2 aromatic heterocycles. The topological polar surface area (TPSA) is 39.4 Å². The van der Waals surface area contributed by atoms with Crippen LogP contribution in [0.2, 0.25) is 0 Å². The molecule has 0 saturated carbocycles. The van der Waals surface area contributed by atoms with Crippen molar-refractivity contribution in [3.05, 3.63) is 59.5 Å². The maximum absolute atomic E-state index is 5.16. The molecule has 1 aromatic carbocycles. The second kappa shape index (κ2) is 5.33. The van der Waals surface area contributed by atoms with Crippen molar-refractivity contribution in [2.24, 2.45) is 0 Å². The van der Waals surface area contributed by atoms with Gasteiger partial charge in [0.25, 0.3) is 0 Å². The summed E-state index contributed by atoms with van der Waals surface area (Å²) in [6.45, 7) is 2.05. The normalized spacial score (nSPS) is 10.9. The van der Waals surface area contributed by atoms with Crippen molar-refractivity contribution in [2.45, 2.75) is 19.8 Å². The van der Waals surface area contributed by atoms with Crippen LogP contribution in [0.1, 0.15) is 17.0 Å². The molecule has 0 amide bonds. The van der Waals surface area contributed by atoms with E-state index in [0.717, 1.165) is 30.1 Å². The number of nitrogens with zero attached hydrogens (tertiary/aromatic N) is 3. The van der Waals surface area contributed by atoms with Crippen LogP contribution in [0.25, 0.3) is 5.65 Å². The smallest absolute Gasteiger partial charge is 0.155 e. The minimum atomic E-state index is 0.840. The maximum atomic E-state index is 5.16. The Morgan fingerprint density at radius 1 is 1.05 bits per heavy atom. The third kappa shape index (κ3) is 2.64.